The van der Waals surface area contributed by atoms with E-state index in [0.717, 1.165) is 17.1 Å². The molecule has 0 spiro atoms. The second-order valence-corrected chi connectivity index (χ2v) is 6.95. The number of phenols is 1. The molecule has 0 aliphatic heterocycles. The van der Waals surface area contributed by atoms with Crippen molar-refractivity contribution < 1.29 is 14.6 Å². The third-order valence-electron chi connectivity index (χ3n) is 3.70. The smallest absolute Gasteiger partial charge is 0.350 e. The number of carbonyl (C=O) groups excluding carboxylic acids is 1. The van der Waals surface area contributed by atoms with Gasteiger partial charge in [0.1, 0.15) is 15.6 Å². The minimum absolute atomic E-state index is 0.116. The number of guanidine groups is 1. The van der Waals surface area contributed by atoms with E-state index in [9.17, 15) is 9.90 Å². The standard InChI is InChI=1S/C19H26N4O3S/c1-5-20-19(21-11-14-7-9-15(24)10-8-14)23-13(4)17-22-12(3)16(27-17)18(25)26-6-2/h7-10,13,24H,5-6,11H2,1-4H3,(H2,20,21,23). The Hall–Kier alpha value is -2.61. The number of rotatable bonds is 7. The lowest BCUT2D eigenvalue weighted by Gasteiger charge is -2.16. The fourth-order valence-electron chi connectivity index (χ4n) is 2.35. The highest BCUT2D eigenvalue weighted by molar-refractivity contribution is 7.13. The molecule has 1 aromatic heterocycles. The monoisotopic (exact) mass is 390 g/mol. The van der Waals surface area contributed by atoms with Gasteiger partial charge in [-0.3, -0.25) is 0 Å². The predicted octanol–water partition coefficient (Wildman–Crippen LogP) is 3.15. The van der Waals surface area contributed by atoms with Crippen LogP contribution in [0.15, 0.2) is 29.3 Å². The number of aliphatic imine (C=N–C) groups is 1. The van der Waals surface area contributed by atoms with Gasteiger partial charge in [0.15, 0.2) is 5.96 Å². The van der Waals surface area contributed by atoms with Crippen molar-refractivity contribution in [1.82, 2.24) is 15.6 Å². The molecule has 1 heterocycles. The highest BCUT2D eigenvalue weighted by Gasteiger charge is 2.20. The number of benzene rings is 1. The van der Waals surface area contributed by atoms with Crippen molar-refractivity contribution in [1.29, 1.82) is 0 Å². The van der Waals surface area contributed by atoms with Gasteiger partial charge in [-0.2, -0.15) is 0 Å². The lowest BCUT2D eigenvalue weighted by molar-refractivity contribution is 0.0531. The molecular formula is C19H26N4O3S. The first-order chi connectivity index (χ1) is 12.9. The molecule has 0 bridgehead atoms. The van der Waals surface area contributed by atoms with Crippen LogP contribution in [0.3, 0.4) is 0 Å². The van der Waals surface area contributed by atoms with E-state index in [1.54, 1.807) is 19.1 Å². The van der Waals surface area contributed by atoms with Gasteiger partial charge < -0.3 is 20.5 Å². The topological polar surface area (TPSA) is 95.8 Å². The fourth-order valence-corrected chi connectivity index (χ4v) is 3.31. The van der Waals surface area contributed by atoms with E-state index in [2.05, 4.69) is 20.6 Å². The zero-order chi connectivity index (χ0) is 19.8. The van der Waals surface area contributed by atoms with Crippen LogP contribution in [-0.2, 0) is 11.3 Å². The van der Waals surface area contributed by atoms with Crippen molar-refractivity contribution in [2.75, 3.05) is 13.2 Å². The van der Waals surface area contributed by atoms with Crippen LogP contribution in [0.1, 0.15) is 52.7 Å². The minimum Gasteiger partial charge on any atom is -0.508 e. The molecule has 0 amide bonds. The maximum absolute atomic E-state index is 12.0. The van der Waals surface area contributed by atoms with Crippen LogP contribution in [-0.4, -0.2) is 35.2 Å². The number of esters is 1. The number of aromatic nitrogens is 1. The molecule has 8 heteroatoms. The van der Waals surface area contributed by atoms with E-state index in [-0.39, 0.29) is 17.8 Å². The SMILES string of the molecule is CCNC(=NCc1ccc(O)cc1)NC(C)c1nc(C)c(C(=O)OCC)s1. The highest BCUT2D eigenvalue weighted by atomic mass is 32.1. The summed E-state index contributed by atoms with van der Waals surface area (Å²) in [5.41, 5.74) is 1.67. The summed E-state index contributed by atoms with van der Waals surface area (Å²) in [5, 5.41) is 16.7. The fraction of sp³-hybridized carbons (Fsp3) is 0.421. The summed E-state index contributed by atoms with van der Waals surface area (Å²) in [6, 6.07) is 6.84. The summed E-state index contributed by atoms with van der Waals surface area (Å²) < 4.78 is 5.07. The summed E-state index contributed by atoms with van der Waals surface area (Å²) in [4.78, 5) is 21.6. The van der Waals surface area contributed by atoms with Crippen LogP contribution in [0.25, 0.3) is 0 Å². The van der Waals surface area contributed by atoms with Crippen molar-refractivity contribution in [2.45, 2.75) is 40.3 Å². The quantitative estimate of drug-likeness (QED) is 0.382. The summed E-state index contributed by atoms with van der Waals surface area (Å²) in [5.74, 6) is 0.556. The van der Waals surface area contributed by atoms with Gasteiger partial charge in [0.2, 0.25) is 0 Å². The average molecular weight is 391 g/mol. The highest BCUT2D eigenvalue weighted by Crippen LogP contribution is 2.24. The van der Waals surface area contributed by atoms with Gasteiger partial charge in [-0.25, -0.2) is 14.8 Å². The maximum atomic E-state index is 12.0. The minimum atomic E-state index is -0.334. The van der Waals surface area contributed by atoms with Crippen molar-refractivity contribution in [3.63, 3.8) is 0 Å². The van der Waals surface area contributed by atoms with Crippen LogP contribution in [0, 0.1) is 6.92 Å². The molecule has 3 N–H and O–H groups in total. The Bertz CT molecular complexity index is 787. The Kier molecular flexibility index (Phi) is 7.60. The number of ether oxygens (including phenoxy) is 1. The molecule has 0 saturated carbocycles. The number of hydrogen-bond acceptors (Lipinski definition) is 6. The van der Waals surface area contributed by atoms with Gasteiger partial charge >= 0.3 is 5.97 Å². The first kappa shape index (κ1) is 20.7. The molecule has 1 aromatic carbocycles. The molecule has 1 unspecified atom stereocenters. The van der Waals surface area contributed by atoms with E-state index in [4.69, 9.17) is 4.74 Å². The van der Waals surface area contributed by atoms with Gasteiger partial charge in [0.25, 0.3) is 0 Å². The number of thiazole rings is 1. The molecule has 0 saturated heterocycles. The Balaban J connectivity index is 2.08. The van der Waals surface area contributed by atoms with Gasteiger partial charge in [0, 0.05) is 6.54 Å². The second-order valence-electron chi connectivity index (χ2n) is 5.91. The Morgan fingerprint density at radius 1 is 1.33 bits per heavy atom. The molecule has 0 aliphatic rings. The summed E-state index contributed by atoms with van der Waals surface area (Å²) >= 11 is 1.33. The molecule has 0 fully saturated rings. The van der Waals surface area contributed by atoms with E-state index in [1.165, 1.54) is 11.3 Å². The maximum Gasteiger partial charge on any atom is 0.350 e. The zero-order valence-electron chi connectivity index (χ0n) is 16.1. The Morgan fingerprint density at radius 2 is 2.04 bits per heavy atom. The van der Waals surface area contributed by atoms with E-state index >= 15 is 0 Å². The Morgan fingerprint density at radius 3 is 2.67 bits per heavy atom. The molecular weight excluding hydrogens is 364 g/mol. The molecule has 2 aromatic rings. The number of aromatic hydroxyl groups is 1. The van der Waals surface area contributed by atoms with Gasteiger partial charge in [-0.1, -0.05) is 12.1 Å². The first-order valence-electron chi connectivity index (χ1n) is 8.91. The van der Waals surface area contributed by atoms with Crippen molar-refractivity contribution in [2.24, 2.45) is 4.99 Å². The van der Waals surface area contributed by atoms with E-state index in [1.807, 2.05) is 32.9 Å². The molecule has 27 heavy (non-hydrogen) atoms. The van der Waals surface area contributed by atoms with Crippen molar-refractivity contribution in [3.05, 3.63) is 45.4 Å². The molecule has 0 aliphatic carbocycles. The van der Waals surface area contributed by atoms with E-state index in [0.29, 0.717) is 29.7 Å². The average Bonchev–Trinajstić information content (AvgIpc) is 3.03. The van der Waals surface area contributed by atoms with Crippen LogP contribution in [0.5, 0.6) is 5.75 Å². The van der Waals surface area contributed by atoms with Crippen molar-refractivity contribution >= 4 is 23.3 Å². The van der Waals surface area contributed by atoms with Crippen LogP contribution < -0.4 is 10.6 Å². The van der Waals surface area contributed by atoms with Gasteiger partial charge in [0.05, 0.1) is 24.9 Å². The normalized spacial score (nSPS) is 12.5. The largest absolute Gasteiger partial charge is 0.508 e. The first-order valence-corrected chi connectivity index (χ1v) is 9.73. The number of carbonyl (C=O) groups is 1. The van der Waals surface area contributed by atoms with Gasteiger partial charge in [-0.05, 0) is 45.4 Å². The molecule has 7 nitrogen and oxygen atoms in total. The number of nitrogens with one attached hydrogen (secondary N) is 2. The molecule has 1 atom stereocenters. The lowest BCUT2D eigenvalue weighted by atomic mass is 10.2. The number of phenolic OH excluding ortho intramolecular Hbond substituents is 1. The third-order valence-corrected chi connectivity index (χ3v) is 5.02. The number of hydrogen-bond donors (Lipinski definition) is 3. The summed E-state index contributed by atoms with van der Waals surface area (Å²) in [6.45, 7) is 9.10. The zero-order valence-corrected chi connectivity index (χ0v) is 16.9. The summed E-state index contributed by atoms with van der Waals surface area (Å²) in [7, 11) is 0. The Labute approximate surface area is 163 Å². The van der Waals surface area contributed by atoms with E-state index < -0.39 is 0 Å². The van der Waals surface area contributed by atoms with Crippen molar-refractivity contribution in [3.8, 4) is 5.75 Å². The molecule has 0 radical (unpaired) electrons. The van der Waals surface area contributed by atoms with Crippen LogP contribution >= 0.6 is 11.3 Å². The molecule has 2 rings (SSSR count). The predicted molar refractivity (Wildman–Crippen MR) is 107 cm³/mol. The van der Waals surface area contributed by atoms with Crippen LogP contribution in [0.4, 0.5) is 0 Å². The third kappa shape index (κ3) is 5.96. The number of aryl methyl sites for hydroxylation is 1. The molecule has 146 valence electrons. The number of nitrogens with zero attached hydrogens (tertiary/aromatic N) is 2. The van der Waals surface area contributed by atoms with Gasteiger partial charge in [-0.15, -0.1) is 11.3 Å². The van der Waals surface area contributed by atoms with Crippen LogP contribution in [0.2, 0.25) is 0 Å². The second kappa shape index (κ2) is 9.91. The summed E-state index contributed by atoms with van der Waals surface area (Å²) in [6.07, 6.45) is 0. The lowest BCUT2D eigenvalue weighted by Crippen LogP contribution is -2.38.